The first kappa shape index (κ1) is 21.1. The molecule has 0 bridgehead atoms. The van der Waals surface area contributed by atoms with Crippen molar-refractivity contribution in [3.63, 3.8) is 0 Å². The summed E-state index contributed by atoms with van der Waals surface area (Å²) in [4.78, 5) is 31.4. The number of fused-ring (bicyclic) bond motifs is 1. The van der Waals surface area contributed by atoms with Gasteiger partial charge in [0, 0.05) is 17.5 Å². The van der Waals surface area contributed by atoms with Crippen LogP contribution in [0.5, 0.6) is 0 Å². The number of hydrogen-bond acceptors (Lipinski definition) is 7. The van der Waals surface area contributed by atoms with Crippen LogP contribution in [-0.2, 0) is 11.3 Å². The van der Waals surface area contributed by atoms with E-state index in [1.807, 2.05) is 36.4 Å². The van der Waals surface area contributed by atoms with Crippen LogP contribution in [0, 0.1) is 6.92 Å². The van der Waals surface area contributed by atoms with Gasteiger partial charge in [0.1, 0.15) is 10.5 Å². The highest BCUT2D eigenvalue weighted by atomic mass is 32.2. The molecule has 0 aliphatic heterocycles. The van der Waals surface area contributed by atoms with Crippen LogP contribution >= 0.6 is 23.1 Å². The summed E-state index contributed by atoms with van der Waals surface area (Å²) in [5.41, 5.74) is 1.51. The summed E-state index contributed by atoms with van der Waals surface area (Å²) in [5, 5.41) is 6.45. The van der Waals surface area contributed by atoms with Gasteiger partial charge in [0.25, 0.3) is 5.56 Å². The van der Waals surface area contributed by atoms with E-state index in [0.29, 0.717) is 33.5 Å². The topological polar surface area (TPSA) is 90.0 Å². The van der Waals surface area contributed by atoms with Gasteiger partial charge in [0.15, 0.2) is 11.0 Å². The number of allylic oxidation sites excluding steroid dienone is 1. The fourth-order valence-electron chi connectivity index (χ4n) is 2.98. The molecular formula is C22H20N4O3S2. The van der Waals surface area contributed by atoms with Crippen molar-refractivity contribution < 1.29 is 9.32 Å². The first-order valence-electron chi connectivity index (χ1n) is 9.58. The summed E-state index contributed by atoms with van der Waals surface area (Å²) in [6, 6.07) is 13.4. The Morgan fingerprint density at radius 3 is 2.81 bits per heavy atom. The van der Waals surface area contributed by atoms with Crippen molar-refractivity contribution in [3.05, 3.63) is 71.2 Å². The number of carbonyl (C=O) groups excluding carboxylic acids is 1. The van der Waals surface area contributed by atoms with Gasteiger partial charge >= 0.3 is 0 Å². The van der Waals surface area contributed by atoms with Crippen LogP contribution in [0.4, 0.5) is 5.82 Å². The van der Waals surface area contributed by atoms with E-state index in [9.17, 15) is 9.59 Å². The van der Waals surface area contributed by atoms with E-state index in [-0.39, 0.29) is 11.5 Å². The number of thiophene rings is 1. The maximum absolute atomic E-state index is 13.2. The van der Waals surface area contributed by atoms with E-state index in [1.54, 1.807) is 30.6 Å². The van der Waals surface area contributed by atoms with Gasteiger partial charge in [0.2, 0.25) is 5.91 Å². The molecule has 0 saturated carbocycles. The molecule has 158 valence electrons. The lowest BCUT2D eigenvalue weighted by Gasteiger charge is -2.14. The molecule has 0 spiro atoms. The minimum absolute atomic E-state index is 0.140. The predicted octanol–water partition coefficient (Wildman–Crippen LogP) is 4.73. The monoisotopic (exact) mass is 452 g/mol. The molecule has 1 amide bonds. The summed E-state index contributed by atoms with van der Waals surface area (Å²) in [6.07, 6.45) is 1.65. The number of aryl methyl sites for hydroxylation is 1. The molecule has 3 heterocycles. The third-order valence-corrected chi connectivity index (χ3v) is 6.75. The summed E-state index contributed by atoms with van der Waals surface area (Å²) >= 11 is 2.63. The first-order chi connectivity index (χ1) is 15.0. The second kappa shape index (κ2) is 8.91. The number of rotatable bonds is 7. The normalized spacial score (nSPS) is 12.1. The average molecular weight is 453 g/mol. The highest BCUT2D eigenvalue weighted by molar-refractivity contribution is 8.00. The van der Waals surface area contributed by atoms with Gasteiger partial charge in [-0.3, -0.25) is 14.2 Å². The molecule has 4 aromatic rings. The minimum atomic E-state index is -0.510. The number of carbonyl (C=O) groups is 1. The van der Waals surface area contributed by atoms with E-state index in [1.165, 1.54) is 23.1 Å². The van der Waals surface area contributed by atoms with Gasteiger partial charge in [-0.1, -0.05) is 53.3 Å². The van der Waals surface area contributed by atoms with Crippen molar-refractivity contribution in [3.8, 4) is 10.4 Å². The second-order valence-corrected chi connectivity index (χ2v) is 9.22. The first-order valence-corrected chi connectivity index (χ1v) is 11.3. The van der Waals surface area contributed by atoms with Crippen LogP contribution in [0.2, 0.25) is 0 Å². The number of amides is 1. The summed E-state index contributed by atoms with van der Waals surface area (Å²) in [7, 11) is 0. The number of aromatic nitrogens is 3. The van der Waals surface area contributed by atoms with Crippen molar-refractivity contribution in [2.24, 2.45) is 0 Å². The number of benzene rings is 1. The highest BCUT2D eigenvalue weighted by Crippen LogP contribution is 2.32. The molecular weight excluding hydrogens is 432 g/mol. The Morgan fingerprint density at radius 2 is 2.13 bits per heavy atom. The zero-order chi connectivity index (χ0) is 22.0. The van der Waals surface area contributed by atoms with E-state index in [0.717, 1.165) is 10.4 Å². The van der Waals surface area contributed by atoms with E-state index >= 15 is 0 Å². The Morgan fingerprint density at radius 1 is 1.35 bits per heavy atom. The Hall–Kier alpha value is -3.17. The molecule has 1 unspecified atom stereocenters. The fraction of sp³-hybridized carbons (Fsp3) is 0.182. The molecule has 0 fully saturated rings. The molecule has 1 N–H and O–H groups in total. The molecule has 1 aromatic carbocycles. The number of nitrogens with zero attached hydrogens (tertiary/aromatic N) is 3. The maximum Gasteiger partial charge on any atom is 0.272 e. The number of hydrogen-bond donors (Lipinski definition) is 1. The molecule has 0 aliphatic rings. The Labute approximate surface area is 186 Å². The standard InChI is InChI=1S/C22H20N4O3S2/c1-4-10-26-21(28)19-16(12-17(31-19)15-8-6-5-7-9-15)23-22(26)30-14(3)20(27)24-18-11-13(2)29-25-18/h4-9,11-12,14H,1,10H2,2-3H3,(H,24,25,27). The lowest BCUT2D eigenvalue weighted by atomic mass is 10.2. The molecule has 3 aromatic heterocycles. The number of nitrogens with one attached hydrogen (secondary N) is 1. The Bertz CT molecular complexity index is 1310. The van der Waals surface area contributed by atoms with Crippen LogP contribution < -0.4 is 10.9 Å². The van der Waals surface area contributed by atoms with Gasteiger partial charge in [-0.05, 0) is 25.5 Å². The zero-order valence-electron chi connectivity index (χ0n) is 17.0. The predicted molar refractivity (Wildman–Crippen MR) is 125 cm³/mol. The summed E-state index contributed by atoms with van der Waals surface area (Å²) in [5.74, 6) is 0.703. The van der Waals surface area contributed by atoms with Crippen LogP contribution in [0.25, 0.3) is 20.7 Å². The van der Waals surface area contributed by atoms with Crippen molar-refractivity contribution in [2.75, 3.05) is 5.32 Å². The minimum Gasteiger partial charge on any atom is -0.360 e. The zero-order valence-corrected chi connectivity index (χ0v) is 18.6. The van der Waals surface area contributed by atoms with Crippen LogP contribution in [-0.4, -0.2) is 25.9 Å². The van der Waals surface area contributed by atoms with Crippen molar-refractivity contribution in [1.82, 2.24) is 14.7 Å². The van der Waals surface area contributed by atoms with E-state index in [2.05, 4.69) is 17.1 Å². The molecule has 0 radical (unpaired) electrons. The smallest absolute Gasteiger partial charge is 0.272 e. The van der Waals surface area contributed by atoms with Gasteiger partial charge in [-0.25, -0.2) is 4.98 Å². The highest BCUT2D eigenvalue weighted by Gasteiger charge is 2.21. The molecule has 0 aliphatic carbocycles. The van der Waals surface area contributed by atoms with Crippen molar-refractivity contribution in [2.45, 2.75) is 30.8 Å². The number of thioether (sulfide) groups is 1. The largest absolute Gasteiger partial charge is 0.360 e. The van der Waals surface area contributed by atoms with E-state index in [4.69, 9.17) is 9.51 Å². The quantitative estimate of drug-likeness (QED) is 0.248. The number of anilines is 1. The second-order valence-electron chi connectivity index (χ2n) is 6.86. The summed E-state index contributed by atoms with van der Waals surface area (Å²) < 4.78 is 7.11. The molecule has 7 nitrogen and oxygen atoms in total. The third-order valence-electron chi connectivity index (χ3n) is 4.50. The van der Waals surface area contributed by atoms with Crippen LogP contribution in [0.15, 0.2) is 69.6 Å². The molecule has 1 atom stereocenters. The lowest BCUT2D eigenvalue weighted by molar-refractivity contribution is -0.115. The molecule has 4 rings (SSSR count). The van der Waals surface area contributed by atoms with Crippen molar-refractivity contribution in [1.29, 1.82) is 0 Å². The average Bonchev–Trinajstić information content (AvgIpc) is 3.37. The van der Waals surface area contributed by atoms with Gasteiger partial charge < -0.3 is 9.84 Å². The molecule has 9 heteroatoms. The molecule has 0 saturated heterocycles. The summed E-state index contributed by atoms with van der Waals surface area (Å²) in [6.45, 7) is 7.56. The van der Waals surface area contributed by atoms with Crippen molar-refractivity contribution >= 4 is 45.0 Å². The fourth-order valence-corrected chi connectivity index (χ4v) is 4.95. The van der Waals surface area contributed by atoms with E-state index < -0.39 is 5.25 Å². The lowest BCUT2D eigenvalue weighted by Crippen LogP contribution is -2.26. The maximum atomic E-state index is 13.2. The SMILES string of the molecule is C=CCn1c(SC(C)C(=O)Nc2cc(C)on2)nc2cc(-c3ccccc3)sc2c1=O. The van der Waals surface area contributed by atoms with Gasteiger partial charge in [-0.15, -0.1) is 17.9 Å². The van der Waals surface area contributed by atoms with Gasteiger partial charge in [0.05, 0.1) is 10.8 Å². The third kappa shape index (κ3) is 4.47. The van der Waals surface area contributed by atoms with Gasteiger partial charge in [-0.2, -0.15) is 0 Å². The molecule has 31 heavy (non-hydrogen) atoms. The Balaban J connectivity index is 1.67. The van der Waals surface area contributed by atoms with Crippen LogP contribution in [0.3, 0.4) is 0 Å². The Kier molecular flexibility index (Phi) is 6.06. The van der Waals surface area contributed by atoms with Crippen LogP contribution in [0.1, 0.15) is 12.7 Å².